The van der Waals surface area contributed by atoms with E-state index in [1.54, 1.807) is 14.2 Å². The molecule has 0 unspecified atom stereocenters. The zero-order valence-corrected chi connectivity index (χ0v) is 13.4. The Morgan fingerprint density at radius 3 is 2.26 bits per heavy atom. The Hall–Kier alpha value is -2.43. The van der Waals surface area contributed by atoms with Crippen molar-refractivity contribution in [2.75, 3.05) is 20.0 Å². The average molecular weight is 308 g/mol. The molecule has 4 heteroatoms. The Kier molecular flexibility index (Phi) is 4.55. The van der Waals surface area contributed by atoms with Gasteiger partial charge in [-0.15, -0.1) is 0 Å². The van der Waals surface area contributed by atoms with Gasteiger partial charge in [0, 0.05) is 37.1 Å². The number of nitrogen functional groups attached to an aromatic ring is 1. The fourth-order valence-electron chi connectivity index (χ4n) is 2.72. The molecule has 23 heavy (non-hydrogen) atoms. The molecule has 0 saturated heterocycles. The SMILES string of the molecule is COCc1cc2cnc(-c3cccc(N)c3)cc2cc1COC. The number of aromatic nitrogens is 1. The Labute approximate surface area is 135 Å². The Bertz CT molecular complexity index is 831. The number of hydrogen-bond donors (Lipinski definition) is 1. The fraction of sp³-hybridized carbons (Fsp3) is 0.211. The van der Waals surface area contributed by atoms with Crippen LogP contribution in [-0.4, -0.2) is 19.2 Å². The van der Waals surface area contributed by atoms with Gasteiger partial charge in [-0.1, -0.05) is 12.1 Å². The molecule has 0 amide bonds. The first-order valence-electron chi connectivity index (χ1n) is 7.46. The normalized spacial score (nSPS) is 11.0. The molecule has 0 spiro atoms. The van der Waals surface area contributed by atoms with Crippen molar-refractivity contribution in [2.45, 2.75) is 13.2 Å². The summed E-state index contributed by atoms with van der Waals surface area (Å²) in [6, 6.07) is 14.1. The van der Waals surface area contributed by atoms with Gasteiger partial charge in [0.05, 0.1) is 18.9 Å². The monoisotopic (exact) mass is 308 g/mol. The zero-order chi connectivity index (χ0) is 16.2. The number of anilines is 1. The molecule has 3 aromatic rings. The van der Waals surface area contributed by atoms with Crippen LogP contribution in [0.1, 0.15) is 11.1 Å². The van der Waals surface area contributed by atoms with E-state index in [-0.39, 0.29) is 0 Å². The summed E-state index contributed by atoms with van der Waals surface area (Å²) in [5, 5.41) is 2.22. The molecule has 0 fully saturated rings. The molecule has 0 saturated carbocycles. The first-order chi connectivity index (χ1) is 11.2. The topological polar surface area (TPSA) is 57.4 Å². The molecular formula is C19H20N2O2. The molecule has 2 N–H and O–H groups in total. The van der Waals surface area contributed by atoms with Crippen molar-refractivity contribution in [1.29, 1.82) is 0 Å². The lowest BCUT2D eigenvalue weighted by molar-refractivity contribution is 0.168. The summed E-state index contributed by atoms with van der Waals surface area (Å²) in [7, 11) is 3.40. The fourth-order valence-corrected chi connectivity index (χ4v) is 2.72. The second-order valence-electron chi connectivity index (χ2n) is 5.53. The second-order valence-corrected chi connectivity index (χ2v) is 5.53. The summed E-state index contributed by atoms with van der Waals surface area (Å²) in [5.41, 5.74) is 10.8. The maximum Gasteiger partial charge on any atom is 0.0716 e. The van der Waals surface area contributed by atoms with Gasteiger partial charge in [0.25, 0.3) is 0 Å². The number of rotatable bonds is 5. The van der Waals surface area contributed by atoms with Crippen LogP contribution in [0.15, 0.2) is 48.7 Å². The van der Waals surface area contributed by atoms with E-state index in [0.29, 0.717) is 13.2 Å². The zero-order valence-electron chi connectivity index (χ0n) is 13.4. The van der Waals surface area contributed by atoms with Gasteiger partial charge in [-0.2, -0.15) is 0 Å². The molecule has 0 atom stereocenters. The maximum absolute atomic E-state index is 5.87. The van der Waals surface area contributed by atoms with Crippen LogP contribution in [0.3, 0.4) is 0 Å². The van der Waals surface area contributed by atoms with Crippen LogP contribution < -0.4 is 5.73 Å². The van der Waals surface area contributed by atoms with Crippen molar-refractivity contribution in [1.82, 2.24) is 4.98 Å². The minimum atomic E-state index is 0.560. The van der Waals surface area contributed by atoms with Crippen LogP contribution in [0.25, 0.3) is 22.0 Å². The highest BCUT2D eigenvalue weighted by molar-refractivity contribution is 5.86. The summed E-state index contributed by atoms with van der Waals surface area (Å²) < 4.78 is 10.6. The van der Waals surface area contributed by atoms with Crippen molar-refractivity contribution < 1.29 is 9.47 Å². The largest absolute Gasteiger partial charge is 0.399 e. The van der Waals surface area contributed by atoms with Gasteiger partial charge in [-0.05, 0) is 46.8 Å². The smallest absolute Gasteiger partial charge is 0.0716 e. The summed E-state index contributed by atoms with van der Waals surface area (Å²) >= 11 is 0. The lowest BCUT2D eigenvalue weighted by Crippen LogP contribution is -1.98. The maximum atomic E-state index is 5.87. The first kappa shape index (κ1) is 15.5. The van der Waals surface area contributed by atoms with Crippen LogP contribution in [0, 0.1) is 0 Å². The Morgan fingerprint density at radius 2 is 1.61 bits per heavy atom. The first-order valence-corrected chi connectivity index (χ1v) is 7.46. The number of hydrogen-bond acceptors (Lipinski definition) is 4. The molecule has 1 aromatic heterocycles. The van der Waals surface area contributed by atoms with Crippen molar-refractivity contribution in [2.24, 2.45) is 0 Å². The number of nitrogens with two attached hydrogens (primary N) is 1. The van der Waals surface area contributed by atoms with Crippen molar-refractivity contribution in [3.8, 4) is 11.3 Å². The molecule has 3 rings (SSSR count). The Balaban J connectivity index is 2.10. The van der Waals surface area contributed by atoms with E-state index >= 15 is 0 Å². The van der Waals surface area contributed by atoms with E-state index in [0.717, 1.165) is 38.8 Å². The van der Waals surface area contributed by atoms with Crippen molar-refractivity contribution in [3.63, 3.8) is 0 Å². The van der Waals surface area contributed by atoms with Gasteiger partial charge < -0.3 is 15.2 Å². The third-order valence-corrected chi connectivity index (χ3v) is 3.82. The molecule has 2 aromatic carbocycles. The molecule has 0 aliphatic rings. The Morgan fingerprint density at radius 1 is 0.913 bits per heavy atom. The lowest BCUT2D eigenvalue weighted by atomic mass is 10.0. The van der Waals surface area contributed by atoms with E-state index in [9.17, 15) is 0 Å². The minimum absolute atomic E-state index is 0.560. The van der Waals surface area contributed by atoms with Crippen LogP contribution in [0.4, 0.5) is 5.69 Å². The number of pyridine rings is 1. The highest BCUT2D eigenvalue weighted by atomic mass is 16.5. The summed E-state index contributed by atoms with van der Waals surface area (Å²) in [4.78, 5) is 4.57. The van der Waals surface area contributed by atoms with E-state index < -0.39 is 0 Å². The van der Waals surface area contributed by atoms with Crippen LogP contribution in [-0.2, 0) is 22.7 Å². The molecule has 0 bridgehead atoms. The molecule has 118 valence electrons. The van der Waals surface area contributed by atoms with E-state index in [1.165, 1.54) is 0 Å². The molecule has 1 heterocycles. The summed E-state index contributed by atoms with van der Waals surface area (Å²) in [6.07, 6.45) is 1.89. The highest BCUT2D eigenvalue weighted by Gasteiger charge is 2.08. The quantitative estimate of drug-likeness (QED) is 0.729. The number of fused-ring (bicyclic) bond motifs is 1. The van der Waals surface area contributed by atoms with Gasteiger partial charge in [-0.25, -0.2) is 0 Å². The standard InChI is InChI=1S/C19H20N2O2/c1-22-11-16-6-14-9-19(13-4-3-5-18(20)8-13)21-10-15(14)7-17(16)12-23-2/h3-10H,11-12,20H2,1-2H3. The molecule has 0 aliphatic heterocycles. The predicted octanol–water partition coefficient (Wildman–Crippen LogP) is 3.78. The predicted molar refractivity (Wildman–Crippen MR) is 93.0 cm³/mol. The summed E-state index contributed by atoms with van der Waals surface area (Å²) in [5.74, 6) is 0. The van der Waals surface area contributed by atoms with E-state index in [4.69, 9.17) is 15.2 Å². The number of methoxy groups -OCH3 is 2. The number of ether oxygens (including phenoxy) is 2. The molecular weight excluding hydrogens is 288 g/mol. The number of benzene rings is 2. The van der Waals surface area contributed by atoms with Crippen molar-refractivity contribution in [3.05, 3.63) is 59.8 Å². The highest BCUT2D eigenvalue weighted by Crippen LogP contribution is 2.26. The lowest BCUT2D eigenvalue weighted by Gasteiger charge is -2.11. The van der Waals surface area contributed by atoms with Crippen LogP contribution in [0.2, 0.25) is 0 Å². The summed E-state index contributed by atoms with van der Waals surface area (Å²) in [6.45, 7) is 1.12. The van der Waals surface area contributed by atoms with E-state index in [1.807, 2.05) is 30.5 Å². The van der Waals surface area contributed by atoms with Crippen LogP contribution >= 0.6 is 0 Å². The van der Waals surface area contributed by atoms with Gasteiger partial charge in [0.1, 0.15) is 0 Å². The second kappa shape index (κ2) is 6.77. The third kappa shape index (κ3) is 3.33. The average Bonchev–Trinajstić information content (AvgIpc) is 2.55. The number of nitrogens with zero attached hydrogens (tertiary/aromatic N) is 1. The van der Waals surface area contributed by atoms with Gasteiger partial charge in [0.15, 0.2) is 0 Å². The molecule has 4 nitrogen and oxygen atoms in total. The van der Waals surface area contributed by atoms with Gasteiger partial charge >= 0.3 is 0 Å². The van der Waals surface area contributed by atoms with E-state index in [2.05, 4.69) is 23.2 Å². The molecule has 0 aliphatic carbocycles. The minimum Gasteiger partial charge on any atom is -0.399 e. The molecule has 0 radical (unpaired) electrons. The van der Waals surface area contributed by atoms with Gasteiger partial charge in [-0.3, -0.25) is 4.98 Å². The van der Waals surface area contributed by atoms with Gasteiger partial charge in [0.2, 0.25) is 0 Å². The third-order valence-electron chi connectivity index (χ3n) is 3.82. The van der Waals surface area contributed by atoms with Crippen LogP contribution in [0.5, 0.6) is 0 Å². The van der Waals surface area contributed by atoms with Crippen molar-refractivity contribution >= 4 is 16.5 Å².